The minimum Gasteiger partial charge on any atom is -0.277 e. The van der Waals surface area contributed by atoms with Gasteiger partial charge in [0.15, 0.2) is 5.65 Å². The summed E-state index contributed by atoms with van der Waals surface area (Å²) in [4.78, 5) is 34.6. The van der Waals surface area contributed by atoms with E-state index < -0.39 is 0 Å². The van der Waals surface area contributed by atoms with Crippen LogP contribution in [0.1, 0.15) is 37.4 Å². The number of aryl methyl sites for hydroxylation is 1. The van der Waals surface area contributed by atoms with E-state index in [0.29, 0.717) is 28.4 Å². The predicted molar refractivity (Wildman–Crippen MR) is 109 cm³/mol. The molecule has 0 aliphatic heterocycles. The van der Waals surface area contributed by atoms with Crippen LogP contribution in [0.15, 0.2) is 44.9 Å². The van der Waals surface area contributed by atoms with Crippen molar-refractivity contribution in [2.75, 3.05) is 0 Å². The maximum absolute atomic E-state index is 12.9. The SMILES string of the molecule is Cc1nc(SC(C)c2ccccc2)c2c(=O)n(C)c(=O)n(CC(C)C)c2n1. The van der Waals surface area contributed by atoms with Gasteiger partial charge in [0.25, 0.3) is 5.56 Å². The molecule has 3 aromatic rings. The Kier molecular flexibility index (Phi) is 5.51. The molecule has 142 valence electrons. The van der Waals surface area contributed by atoms with Crippen molar-refractivity contribution in [1.29, 1.82) is 0 Å². The molecule has 2 aromatic heterocycles. The molecule has 3 rings (SSSR count). The van der Waals surface area contributed by atoms with E-state index in [1.807, 2.05) is 32.0 Å². The van der Waals surface area contributed by atoms with Gasteiger partial charge in [0, 0.05) is 18.8 Å². The summed E-state index contributed by atoms with van der Waals surface area (Å²) in [5, 5.41) is 1.14. The lowest BCUT2D eigenvalue weighted by atomic mass is 10.2. The van der Waals surface area contributed by atoms with Gasteiger partial charge in [-0.25, -0.2) is 14.8 Å². The van der Waals surface area contributed by atoms with Crippen molar-refractivity contribution in [3.63, 3.8) is 0 Å². The Hall–Kier alpha value is -2.41. The topological polar surface area (TPSA) is 69.8 Å². The highest BCUT2D eigenvalue weighted by molar-refractivity contribution is 7.99. The molecule has 0 fully saturated rings. The number of thioether (sulfide) groups is 1. The average Bonchev–Trinajstić information content (AvgIpc) is 2.63. The maximum atomic E-state index is 12.9. The number of aromatic nitrogens is 4. The van der Waals surface area contributed by atoms with Crippen molar-refractivity contribution in [2.24, 2.45) is 13.0 Å². The lowest BCUT2D eigenvalue weighted by Gasteiger charge is -2.17. The van der Waals surface area contributed by atoms with Crippen LogP contribution in [0, 0.1) is 12.8 Å². The first kappa shape index (κ1) is 19.4. The Bertz CT molecular complexity index is 1090. The van der Waals surface area contributed by atoms with Gasteiger partial charge in [-0.3, -0.25) is 13.9 Å². The summed E-state index contributed by atoms with van der Waals surface area (Å²) in [6.07, 6.45) is 0. The molecule has 1 unspecified atom stereocenters. The third-order valence-electron chi connectivity index (χ3n) is 4.37. The lowest BCUT2D eigenvalue weighted by Crippen LogP contribution is -2.39. The molecule has 0 amide bonds. The Morgan fingerprint density at radius 1 is 1.07 bits per heavy atom. The minimum absolute atomic E-state index is 0.110. The number of fused-ring (bicyclic) bond motifs is 1. The molecule has 6 nitrogen and oxygen atoms in total. The number of hydrogen-bond donors (Lipinski definition) is 0. The van der Waals surface area contributed by atoms with E-state index in [1.165, 1.54) is 18.8 Å². The van der Waals surface area contributed by atoms with Gasteiger partial charge < -0.3 is 0 Å². The van der Waals surface area contributed by atoms with Gasteiger partial charge in [-0.05, 0) is 25.3 Å². The van der Waals surface area contributed by atoms with Gasteiger partial charge in [0.05, 0.1) is 0 Å². The highest BCUT2D eigenvalue weighted by atomic mass is 32.2. The van der Waals surface area contributed by atoms with Crippen LogP contribution in [0.4, 0.5) is 0 Å². The summed E-state index contributed by atoms with van der Waals surface area (Å²) < 4.78 is 2.74. The molecule has 1 aromatic carbocycles. The van der Waals surface area contributed by atoms with Gasteiger partial charge in [0.2, 0.25) is 0 Å². The van der Waals surface area contributed by atoms with Crippen LogP contribution in [-0.4, -0.2) is 19.1 Å². The predicted octanol–water partition coefficient (Wildman–Crippen LogP) is 3.31. The Labute approximate surface area is 162 Å². The molecule has 0 aliphatic carbocycles. The zero-order valence-electron chi connectivity index (χ0n) is 16.3. The van der Waals surface area contributed by atoms with Crippen molar-refractivity contribution in [2.45, 2.75) is 44.5 Å². The maximum Gasteiger partial charge on any atom is 0.332 e. The van der Waals surface area contributed by atoms with E-state index in [0.717, 1.165) is 10.1 Å². The monoisotopic (exact) mass is 384 g/mol. The molecule has 0 aliphatic rings. The first-order valence-corrected chi connectivity index (χ1v) is 9.87. The summed E-state index contributed by atoms with van der Waals surface area (Å²) in [7, 11) is 1.51. The number of benzene rings is 1. The minimum atomic E-state index is -0.349. The fourth-order valence-electron chi connectivity index (χ4n) is 3.02. The zero-order chi connectivity index (χ0) is 19.7. The van der Waals surface area contributed by atoms with E-state index in [1.54, 1.807) is 11.5 Å². The molecule has 0 saturated heterocycles. The second-order valence-electron chi connectivity index (χ2n) is 7.10. The van der Waals surface area contributed by atoms with Crippen LogP contribution < -0.4 is 11.2 Å². The van der Waals surface area contributed by atoms with Crippen LogP contribution in [0.5, 0.6) is 0 Å². The van der Waals surface area contributed by atoms with Crippen molar-refractivity contribution >= 4 is 22.8 Å². The van der Waals surface area contributed by atoms with E-state index in [9.17, 15) is 9.59 Å². The highest BCUT2D eigenvalue weighted by Gasteiger charge is 2.20. The number of nitrogens with zero attached hydrogens (tertiary/aromatic N) is 4. The highest BCUT2D eigenvalue weighted by Crippen LogP contribution is 2.35. The Morgan fingerprint density at radius 2 is 1.74 bits per heavy atom. The van der Waals surface area contributed by atoms with Crippen LogP contribution in [0.2, 0.25) is 0 Å². The van der Waals surface area contributed by atoms with Crippen molar-refractivity contribution in [3.8, 4) is 0 Å². The van der Waals surface area contributed by atoms with Gasteiger partial charge >= 0.3 is 5.69 Å². The average molecular weight is 385 g/mol. The molecule has 27 heavy (non-hydrogen) atoms. The summed E-state index contributed by atoms with van der Waals surface area (Å²) in [6.45, 7) is 8.43. The van der Waals surface area contributed by atoms with E-state index in [2.05, 4.69) is 29.0 Å². The van der Waals surface area contributed by atoms with E-state index in [-0.39, 0.29) is 22.4 Å². The van der Waals surface area contributed by atoms with E-state index in [4.69, 9.17) is 0 Å². The fourth-order valence-corrected chi connectivity index (χ4v) is 4.13. The van der Waals surface area contributed by atoms with Crippen LogP contribution in [0.3, 0.4) is 0 Å². The second kappa shape index (κ2) is 7.68. The van der Waals surface area contributed by atoms with Crippen LogP contribution >= 0.6 is 11.8 Å². The Balaban J connectivity index is 2.23. The zero-order valence-corrected chi connectivity index (χ0v) is 17.1. The summed E-state index contributed by atoms with van der Waals surface area (Å²) in [5.74, 6) is 0.799. The van der Waals surface area contributed by atoms with E-state index >= 15 is 0 Å². The molecule has 0 N–H and O–H groups in total. The molecule has 0 bridgehead atoms. The molecule has 0 saturated carbocycles. The number of hydrogen-bond acceptors (Lipinski definition) is 5. The molecular weight excluding hydrogens is 360 g/mol. The Morgan fingerprint density at radius 3 is 2.37 bits per heavy atom. The second-order valence-corrected chi connectivity index (χ2v) is 8.43. The third kappa shape index (κ3) is 3.83. The molecule has 7 heteroatoms. The van der Waals surface area contributed by atoms with Gasteiger partial charge in [0.1, 0.15) is 16.2 Å². The van der Waals surface area contributed by atoms with Gasteiger partial charge in [-0.2, -0.15) is 0 Å². The largest absolute Gasteiger partial charge is 0.332 e. The van der Waals surface area contributed by atoms with Crippen molar-refractivity contribution < 1.29 is 0 Å². The van der Waals surface area contributed by atoms with Crippen LogP contribution in [0.25, 0.3) is 11.0 Å². The standard InChI is InChI=1S/C20H24N4O2S/c1-12(2)11-24-17-16(19(25)23(5)20(24)26)18(22-14(4)21-17)27-13(3)15-9-7-6-8-10-15/h6-10,12-13H,11H2,1-5H3. The van der Waals surface area contributed by atoms with Gasteiger partial charge in [-0.1, -0.05) is 55.9 Å². The smallest absolute Gasteiger partial charge is 0.277 e. The molecular formula is C20H24N4O2S. The summed E-state index contributed by atoms with van der Waals surface area (Å²) in [5.41, 5.74) is 0.885. The molecule has 1 atom stereocenters. The fraction of sp³-hybridized carbons (Fsp3) is 0.400. The third-order valence-corrected chi connectivity index (χ3v) is 5.51. The molecule has 0 radical (unpaired) electrons. The summed E-state index contributed by atoms with van der Waals surface area (Å²) >= 11 is 1.52. The molecule has 2 heterocycles. The number of rotatable bonds is 5. The van der Waals surface area contributed by atoms with Crippen molar-refractivity contribution in [1.82, 2.24) is 19.1 Å². The molecule has 0 spiro atoms. The summed E-state index contributed by atoms with van der Waals surface area (Å²) in [6, 6.07) is 10.1. The van der Waals surface area contributed by atoms with Gasteiger partial charge in [-0.15, -0.1) is 0 Å². The quantitative estimate of drug-likeness (QED) is 0.499. The first-order valence-electron chi connectivity index (χ1n) is 8.99. The first-order chi connectivity index (χ1) is 12.8. The van der Waals surface area contributed by atoms with Crippen molar-refractivity contribution in [3.05, 3.63) is 62.6 Å². The normalized spacial score (nSPS) is 12.7. The lowest BCUT2D eigenvalue weighted by molar-refractivity contribution is 0.498. The van der Waals surface area contributed by atoms with Crippen LogP contribution in [-0.2, 0) is 13.6 Å².